The third-order valence-corrected chi connectivity index (χ3v) is 4.79. The lowest BCUT2D eigenvalue weighted by molar-refractivity contribution is -0.144. The molecule has 0 bridgehead atoms. The van der Waals surface area contributed by atoms with E-state index in [1.807, 2.05) is 6.07 Å². The summed E-state index contributed by atoms with van der Waals surface area (Å²) in [5.74, 6) is -0.957. The van der Waals surface area contributed by atoms with Gasteiger partial charge in [0.1, 0.15) is 5.82 Å². The first kappa shape index (κ1) is 17.3. The van der Waals surface area contributed by atoms with Gasteiger partial charge >= 0.3 is 0 Å². The summed E-state index contributed by atoms with van der Waals surface area (Å²) in [7, 11) is 1.36. The Labute approximate surface area is 155 Å². The van der Waals surface area contributed by atoms with Crippen LogP contribution < -0.4 is 4.90 Å². The van der Waals surface area contributed by atoms with Crippen LogP contribution in [-0.4, -0.2) is 29.2 Å². The highest BCUT2D eigenvalue weighted by Gasteiger charge is 2.53. The van der Waals surface area contributed by atoms with Crippen molar-refractivity contribution in [1.29, 1.82) is 0 Å². The molecule has 2 unspecified atom stereocenters. The maximum Gasteiger partial charge on any atom is 0.264 e. The van der Waals surface area contributed by atoms with E-state index in [1.54, 1.807) is 36.4 Å². The summed E-state index contributed by atoms with van der Waals surface area (Å²) in [5.41, 5.74) is -0.0179. The standard InChI is InChI=1S/C21H17FN2O3/c1-27-19-20(25)24(16-9-5-8-15(22)12-16)18-10-11-23-13-17(18)21(19,26)14-6-3-2-4-7-14/h2-13,19,26H,1H3. The molecule has 2 heterocycles. The lowest BCUT2D eigenvalue weighted by Crippen LogP contribution is -2.56. The van der Waals surface area contributed by atoms with E-state index in [2.05, 4.69) is 4.98 Å². The zero-order chi connectivity index (χ0) is 19.0. The second-order valence-corrected chi connectivity index (χ2v) is 6.29. The first-order valence-electron chi connectivity index (χ1n) is 8.42. The van der Waals surface area contributed by atoms with E-state index < -0.39 is 23.4 Å². The van der Waals surface area contributed by atoms with Crippen LogP contribution in [0.4, 0.5) is 15.8 Å². The van der Waals surface area contributed by atoms with E-state index in [9.17, 15) is 14.3 Å². The number of pyridine rings is 1. The van der Waals surface area contributed by atoms with E-state index in [4.69, 9.17) is 4.74 Å². The van der Waals surface area contributed by atoms with Crippen molar-refractivity contribution >= 4 is 17.3 Å². The number of aromatic nitrogens is 1. The number of carbonyl (C=O) groups excluding carboxylic acids is 1. The first-order chi connectivity index (χ1) is 13.1. The number of fused-ring (bicyclic) bond motifs is 1. The topological polar surface area (TPSA) is 62.7 Å². The Morgan fingerprint density at radius 3 is 2.63 bits per heavy atom. The van der Waals surface area contributed by atoms with Crippen LogP contribution in [-0.2, 0) is 15.1 Å². The highest BCUT2D eigenvalue weighted by Crippen LogP contribution is 2.46. The second-order valence-electron chi connectivity index (χ2n) is 6.29. The molecule has 27 heavy (non-hydrogen) atoms. The van der Waals surface area contributed by atoms with Gasteiger partial charge in [-0.2, -0.15) is 0 Å². The monoisotopic (exact) mass is 364 g/mol. The third kappa shape index (κ3) is 2.61. The number of anilines is 2. The summed E-state index contributed by atoms with van der Waals surface area (Å²) in [6, 6.07) is 16.2. The van der Waals surface area contributed by atoms with Crippen molar-refractivity contribution in [2.75, 3.05) is 12.0 Å². The van der Waals surface area contributed by atoms with Crippen LogP contribution in [0, 0.1) is 5.82 Å². The van der Waals surface area contributed by atoms with Crippen LogP contribution in [0.15, 0.2) is 73.1 Å². The second kappa shape index (κ2) is 6.57. The summed E-state index contributed by atoms with van der Waals surface area (Å²) < 4.78 is 19.2. The molecule has 6 heteroatoms. The SMILES string of the molecule is COC1C(=O)N(c2cccc(F)c2)c2ccncc2C1(O)c1ccccc1. The zero-order valence-corrected chi connectivity index (χ0v) is 14.5. The van der Waals surface area contributed by atoms with Gasteiger partial charge < -0.3 is 9.84 Å². The first-order valence-corrected chi connectivity index (χ1v) is 8.42. The number of methoxy groups -OCH3 is 1. The Morgan fingerprint density at radius 1 is 1.15 bits per heavy atom. The molecule has 0 aliphatic carbocycles. The zero-order valence-electron chi connectivity index (χ0n) is 14.5. The number of ether oxygens (including phenoxy) is 1. The molecule has 1 amide bonds. The van der Waals surface area contributed by atoms with Crippen molar-refractivity contribution in [2.24, 2.45) is 0 Å². The van der Waals surface area contributed by atoms with E-state index in [0.29, 0.717) is 22.5 Å². The molecule has 136 valence electrons. The molecule has 0 saturated carbocycles. The number of rotatable bonds is 3. The largest absolute Gasteiger partial charge is 0.377 e. The quantitative estimate of drug-likeness (QED) is 0.776. The van der Waals surface area contributed by atoms with Gasteiger partial charge in [-0.25, -0.2) is 4.39 Å². The van der Waals surface area contributed by atoms with E-state index >= 15 is 0 Å². The van der Waals surface area contributed by atoms with Crippen LogP contribution in [0.5, 0.6) is 0 Å². The molecule has 2 aromatic carbocycles. The number of carbonyl (C=O) groups is 1. The number of hydrogen-bond donors (Lipinski definition) is 1. The molecule has 5 nitrogen and oxygen atoms in total. The van der Waals surface area contributed by atoms with Crippen molar-refractivity contribution in [1.82, 2.24) is 4.98 Å². The van der Waals surface area contributed by atoms with E-state index in [-0.39, 0.29) is 0 Å². The van der Waals surface area contributed by atoms with Gasteiger partial charge in [0, 0.05) is 25.1 Å². The molecule has 0 saturated heterocycles. The Kier molecular flexibility index (Phi) is 4.22. The van der Waals surface area contributed by atoms with Crippen LogP contribution in [0.3, 0.4) is 0 Å². The molecule has 1 aliphatic heterocycles. The number of hydrogen-bond acceptors (Lipinski definition) is 4. The summed E-state index contributed by atoms with van der Waals surface area (Å²) in [4.78, 5) is 18.8. The Morgan fingerprint density at radius 2 is 1.93 bits per heavy atom. The Bertz CT molecular complexity index is 995. The van der Waals surface area contributed by atoms with Crippen LogP contribution in [0.1, 0.15) is 11.1 Å². The Balaban J connectivity index is 1.99. The average Bonchev–Trinajstić information content (AvgIpc) is 2.69. The molecule has 2 atom stereocenters. The predicted octanol–water partition coefficient (Wildman–Crippen LogP) is 3.15. The summed E-state index contributed by atoms with van der Waals surface area (Å²) in [6.45, 7) is 0. The number of benzene rings is 2. The molecule has 3 aromatic rings. The van der Waals surface area contributed by atoms with Crippen molar-refractivity contribution in [3.8, 4) is 0 Å². The van der Waals surface area contributed by atoms with Gasteiger partial charge in [-0.05, 0) is 29.8 Å². The average molecular weight is 364 g/mol. The minimum Gasteiger partial charge on any atom is -0.377 e. The fourth-order valence-corrected chi connectivity index (χ4v) is 3.58. The number of amides is 1. The highest BCUT2D eigenvalue weighted by atomic mass is 19.1. The van der Waals surface area contributed by atoms with Gasteiger partial charge in [-0.1, -0.05) is 36.4 Å². The summed E-state index contributed by atoms with van der Waals surface area (Å²) >= 11 is 0. The molecule has 1 N–H and O–H groups in total. The van der Waals surface area contributed by atoms with Gasteiger partial charge in [0.25, 0.3) is 5.91 Å². The minimum absolute atomic E-state index is 0.351. The summed E-state index contributed by atoms with van der Waals surface area (Å²) in [6.07, 6.45) is 1.81. The lowest BCUT2D eigenvalue weighted by Gasteiger charge is -2.44. The molecule has 0 spiro atoms. The van der Waals surface area contributed by atoms with Gasteiger partial charge in [-0.3, -0.25) is 14.7 Å². The molecular weight excluding hydrogens is 347 g/mol. The van der Waals surface area contributed by atoms with Crippen LogP contribution in [0.25, 0.3) is 0 Å². The summed E-state index contributed by atoms with van der Waals surface area (Å²) in [5, 5.41) is 11.7. The van der Waals surface area contributed by atoms with Crippen molar-refractivity contribution in [3.05, 3.63) is 90.0 Å². The van der Waals surface area contributed by atoms with Gasteiger partial charge in [0.05, 0.1) is 11.4 Å². The fraction of sp³-hybridized carbons (Fsp3) is 0.143. The highest BCUT2D eigenvalue weighted by molar-refractivity contribution is 6.07. The minimum atomic E-state index is -1.72. The molecule has 1 aromatic heterocycles. The number of aliphatic hydroxyl groups is 1. The molecular formula is C21H17FN2O3. The number of nitrogens with zero attached hydrogens (tertiary/aromatic N) is 2. The van der Waals surface area contributed by atoms with Crippen molar-refractivity contribution in [2.45, 2.75) is 11.7 Å². The normalized spacial score (nSPS) is 21.8. The van der Waals surface area contributed by atoms with Gasteiger partial charge in [0.2, 0.25) is 0 Å². The van der Waals surface area contributed by atoms with Gasteiger partial charge in [0.15, 0.2) is 11.7 Å². The van der Waals surface area contributed by atoms with Gasteiger partial charge in [-0.15, -0.1) is 0 Å². The predicted molar refractivity (Wildman–Crippen MR) is 98.0 cm³/mol. The third-order valence-electron chi connectivity index (χ3n) is 4.79. The molecule has 0 fully saturated rings. The molecule has 1 aliphatic rings. The van der Waals surface area contributed by atoms with Crippen molar-refractivity contribution < 1.29 is 19.0 Å². The lowest BCUT2D eigenvalue weighted by atomic mass is 9.78. The van der Waals surface area contributed by atoms with E-state index in [1.165, 1.54) is 42.6 Å². The maximum absolute atomic E-state index is 13.8. The van der Waals surface area contributed by atoms with Crippen LogP contribution in [0.2, 0.25) is 0 Å². The molecule has 4 rings (SSSR count). The molecule has 0 radical (unpaired) electrons. The smallest absolute Gasteiger partial charge is 0.264 e. The van der Waals surface area contributed by atoms with Crippen LogP contribution >= 0.6 is 0 Å². The fourth-order valence-electron chi connectivity index (χ4n) is 3.58. The van der Waals surface area contributed by atoms with Crippen molar-refractivity contribution in [3.63, 3.8) is 0 Å². The maximum atomic E-state index is 13.8. The number of halogens is 1. The Hall–Kier alpha value is -3.09. The van der Waals surface area contributed by atoms with E-state index in [0.717, 1.165) is 0 Å².